The average molecular weight is 447 g/mol. The van der Waals surface area contributed by atoms with Crippen LogP contribution in [-0.2, 0) is 27.6 Å². The Balaban J connectivity index is 1.33. The van der Waals surface area contributed by atoms with Crippen molar-refractivity contribution in [1.29, 1.82) is 0 Å². The van der Waals surface area contributed by atoms with Gasteiger partial charge in [-0.25, -0.2) is 8.42 Å². The molecule has 0 N–H and O–H groups in total. The molecule has 0 spiro atoms. The lowest BCUT2D eigenvalue weighted by atomic mass is 9.90. The topological polar surface area (TPSA) is 57.7 Å². The average Bonchev–Trinajstić information content (AvgIpc) is 3.37. The van der Waals surface area contributed by atoms with Gasteiger partial charge in [0.15, 0.2) is 9.84 Å². The molecule has 2 aliphatic heterocycles. The van der Waals surface area contributed by atoms with Gasteiger partial charge in [0.1, 0.15) is 0 Å². The molecule has 0 radical (unpaired) electrons. The lowest BCUT2D eigenvalue weighted by Gasteiger charge is -2.34. The summed E-state index contributed by atoms with van der Waals surface area (Å²) in [5, 5.41) is 2.00. The van der Waals surface area contributed by atoms with Gasteiger partial charge >= 0.3 is 0 Å². The van der Waals surface area contributed by atoms with Gasteiger partial charge in [-0.2, -0.15) is 0 Å². The van der Waals surface area contributed by atoms with E-state index in [1.165, 1.54) is 5.56 Å². The first-order valence-electron chi connectivity index (χ1n) is 10.8. The molecule has 7 heteroatoms. The highest BCUT2D eigenvalue weighted by atomic mass is 32.2. The fourth-order valence-corrected chi connectivity index (χ4v) is 7.02. The fourth-order valence-electron chi connectivity index (χ4n) is 4.59. The highest BCUT2D eigenvalue weighted by Gasteiger charge is 2.35. The number of carbonyl (C=O) groups excluding carboxylic acids is 1. The van der Waals surface area contributed by atoms with Crippen molar-refractivity contribution in [1.82, 2.24) is 9.80 Å². The minimum absolute atomic E-state index is 0.0620. The molecule has 0 aliphatic carbocycles. The molecule has 5 nitrogen and oxygen atoms in total. The van der Waals surface area contributed by atoms with E-state index in [4.69, 9.17) is 0 Å². The molecule has 162 valence electrons. The third-order valence-corrected chi connectivity index (χ3v) is 8.92. The van der Waals surface area contributed by atoms with Crippen LogP contribution in [0.3, 0.4) is 0 Å². The second-order valence-corrected chi connectivity index (χ2v) is 11.8. The molecular formula is C23H30N2O3S2. The van der Waals surface area contributed by atoms with Crippen molar-refractivity contribution < 1.29 is 13.2 Å². The van der Waals surface area contributed by atoms with Gasteiger partial charge in [0.25, 0.3) is 0 Å². The highest BCUT2D eigenvalue weighted by Crippen LogP contribution is 2.24. The van der Waals surface area contributed by atoms with Crippen LogP contribution in [0.2, 0.25) is 0 Å². The zero-order valence-corrected chi connectivity index (χ0v) is 18.9. The van der Waals surface area contributed by atoms with Crippen molar-refractivity contribution in [2.75, 3.05) is 31.1 Å². The standard InChI is InChI=1S/C23H30N2O3S2/c26-23(17-24-11-8-20(9-12-24)15-19-5-2-1-3-6-19)25(16-22-7-4-13-29-22)21-10-14-30(27,28)18-21/h1-7,13,20-21H,8-12,14-18H2/t21-/m1/s1. The van der Waals surface area contributed by atoms with Crippen LogP contribution in [0, 0.1) is 5.92 Å². The van der Waals surface area contributed by atoms with Crippen LogP contribution in [0.1, 0.15) is 29.7 Å². The lowest BCUT2D eigenvalue weighted by Crippen LogP contribution is -2.47. The summed E-state index contributed by atoms with van der Waals surface area (Å²) in [4.78, 5) is 18.4. The van der Waals surface area contributed by atoms with Gasteiger partial charge in [-0.05, 0) is 61.7 Å². The molecule has 4 rings (SSSR count). The third-order valence-electron chi connectivity index (χ3n) is 6.31. The zero-order valence-electron chi connectivity index (χ0n) is 17.3. The number of nitrogens with zero attached hydrogens (tertiary/aromatic N) is 2. The lowest BCUT2D eigenvalue weighted by molar-refractivity contribution is -0.135. The highest BCUT2D eigenvalue weighted by molar-refractivity contribution is 7.91. The number of benzene rings is 1. The van der Waals surface area contributed by atoms with Crippen LogP contribution >= 0.6 is 11.3 Å². The molecule has 0 saturated carbocycles. The van der Waals surface area contributed by atoms with Gasteiger partial charge in [-0.1, -0.05) is 36.4 Å². The van der Waals surface area contributed by atoms with Gasteiger partial charge < -0.3 is 4.90 Å². The molecule has 1 amide bonds. The van der Waals surface area contributed by atoms with Crippen molar-refractivity contribution in [2.45, 2.75) is 38.3 Å². The maximum atomic E-state index is 13.2. The first kappa shape index (κ1) is 21.5. The summed E-state index contributed by atoms with van der Waals surface area (Å²) in [6.07, 6.45) is 3.86. The van der Waals surface area contributed by atoms with Gasteiger partial charge in [0.05, 0.1) is 24.6 Å². The van der Waals surface area contributed by atoms with E-state index < -0.39 is 9.84 Å². The Labute approximate surface area is 183 Å². The van der Waals surface area contributed by atoms with E-state index in [0.717, 1.165) is 37.2 Å². The van der Waals surface area contributed by atoms with Gasteiger partial charge in [-0.3, -0.25) is 9.69 Å². The monoisotopic (exact) mass is 446 g/mol. The SMILES string of the molecule is O=C(CN1CCC(Cc2ccccc2)CC1)N(Cc1cccs1)[C@@H]1CCS(=O)(=O)C1. The second kappa shape index (κ2) is 9.62. The molecule has 1 aromatic heterocycles. The summed E-state index contributed by atoms with van der Waals surface area (Å²) >= 11 is 1.62. The Morgan fingerprint density at radius 3 is 2.47 bits per heavy atom. The predicted octanol–water partition coefficient (Wildman–Crippen LogP) is 3.22. The van der Waals surface area contributed by atoms with Crippen molar-refractivity contribution in [3.63, 3.8) is 0 Å². The Morgan fingerprint density at radius 1 is 1.07 bits per heavy atom. The second-order valence-electron chi connectivity index (χ2n) is 8.57. The maximum Gasteiger partial charge on any atom is 0.237 e. The third kappa shape index (κ3) is 5.71. The van der Waals surface area contributed by atoms with E-state index in [1.54, 1.807) is 11.3 Å². The summed E-state index contributed by atoms with van der Waals surface area (Å²) in [5.41, 5.74) is 1.39. The van der Waals surface area contributed by atoms with Crippen LogP contribution in [-0.4, -0.2) is 61.3 Å². The molecule has 1 aromatic carbocycles. The van der Waals surface area contributed by atoms with Crippen molar-refractivity contribution in [3.05, 3.63) is 58.3 Å². The van der Waals surface area contributed by atoms with E-state index >= 15 is 0 Å². The van der Waals surface area contributed by atoms with Crippen LogP contribution < -0.4 is 0 Å². The Bertz CT molecular complexity index is 921. The van der Waals surface area contributed by atoms with Crippen LogP contribution in [0.4, 0.5) is 0 Å². The number of rotatable bonds is 7. The number of amides is 1. The smallest absolute Gasteiger partial charge is 0.237 e. The number of piperidine rings is 1. The predicted molar refractivity (Wildman–Crippen MR) is 121 cm³/mol. The molecule has 1 atom stereocenters. The first-order valence-corrected chi connectivity index (χ1v) is 13.5. The largest absolute Gasteiger partial charge is 0.332 e. The molecule has 2 aliphatic rings. The van der Waals surface area contributed by atoms with E-state index in [0.29, 0.717) is 25.4 Å². The summed E-state index contributed by atoms with van der Waals surface area (Å²) in [5.74, 6) is 1.02. The van der Waals surface area contributed by atoms with Crippen LogP contribution in [0.25, 0.3) is 0 Å². The maximum absolute atomic E-state index is 13.2. The van der Waals surface area contributed by atoms with Crippen LogP contribution in [0.5, 0.6) is 0 Å². The number of hydrogen-bond acceptors (Lipinski definition) is 5. The minimum atomic E-state index is -3.03. The van der Waals surface area contributed by atoms with Gasteiger partial charge in [0, 0.05) is 10.9 Å². The van der Waals surface area contributed by atoms with E-state index in [9.17, 15) is 13.2 Å². The van der Waals surface area contributed by atoms with Gasteiger partial charge in [0.2, 0.25) is 5.91 Å². The minimum Gasteiger partial charge on any atom is -0.332 e. The fraction of sp³-hybridized carbons (Fsp3) is 0.522. The molecular weight excluding hydrogens is 416 g/mol. The Morgan fingerprint density at radius 2 is 1.83 bits per heavy atom. The summed E-state index contributed by atoms with van der Waals surface area (Å²) < 4.78 is 24.0. The zero-order chi connectivity index (χ0) is 21.0. The number of likely N-dealkylation sites (tertiary alicyclic amines) is 1. The van der Waals surface area contributed by atoms with E-state index in [2.05, 4.69) is 35.2 Å². The van der Waals surface area contributed by atoms with Crippen molar-refractivity contribution in [2.24, 2.45) is 5.92 Å². The first-order chi connectivity index (χ1) is 14.5. The normalized spacial score (nSPS) is 22.2. The quantitative estimate of drug-likeness (QED) is 0.655. The molecule has 0 bridgehead atoms. The van der Waals surface area contributed by atoms with Crippen molar-refractivity contribution >= 4 is 27.1 Å². The number of hydrogen-bond donors (Lipinski definition) is 0. The molecule has 2 fully saturated rings. The molecule has 3 heterocycles. The van der Waals surface area contributed by atoms with E-state index in [1.807, 2.05) is 22.4 Å². The Hall–Kier alpha value is -1.70. The molecule has 0 unspecified atom stereocenters. The van der Waals surface area contributed by atoms with Crippen LogP contribution in [0.15, 0.2) is 47.8 Å². The van der Waals surface area contributed by atoms with Crippen molar-refractivity contribution in [3.8, 4) is 0 Å². The summed E-state index contributed by atoms with van der Waals surface area (Å²) in [6, 6.07) is 14.4. The summed E-state index contributed by atoms with van der Waals surface area (Å²) in [6.45, 7) is 2.76. The molecule has 2 aromatic rings. The number of carbonyl (C=O) groups is 1. The molecule has 30 heavy (non-hydrogen) atoms. The van der Waals surface area contributed by atoms with E-state index in [-0.39, 0.29) is 23.5 Å². The molecule has 2 saturated heterocycles. The number of sulfone groups is 1. The number of thiophene rings is 1. The van der Waals surface area contributed by atoms with Gasteiger partial charge in [-0.15, -0.1) is 11.3 Å². The Kier molecular flexibility index (Phi) is 6.91. The summed E-state index contributed by atoms with van der Waals surface area (Å²) in [7, 11) is -3.03.